The summed E-state index contributed by atoms with van der Waals surface area (Å²) in [7, 11) is 0. The fourth-order valence-corrected chi connectivity index (χ4v) is 2.84. The van der Waals surface area contributed by atoms with Crippen molar-refractivity contribution >= 4 is 17.7 Å². The molecular formula is C13H23ClN2O7. The molecule has 1 amide bonds. The fraction of sp³-hybridized carbons (Fsp3) is 0.923. The Balaban J connectivity index is 1.99. The lowest BCUT2D eigenvalue weighted by molar-refractivity contribution is -0.292. The third-order valence-corrected chi connectivity index (χ3v) is 4.12. The van der Waals surface area contributed by atoms with Crippen LogP contribution in [0.1, 0.15) is 13.3 Å². The summed E-state index contributed by atoms with van der Waals surface area (Å²) in [6, 6.07) is -0.988. The van der Waals surface area contributed by atoms with Crippen molar-refractivity contribution in [2.24, 2.45) is 0 Å². The Hall–Kier alpha value is -0.520. The number of rotatable bonds is 5. The van der Waals surface area contributed by atoms with Crippen molar-refractivity contribution in [3.8, 4) is 0 Å². The first-order valence-corrected chi connectivity index (χ1v) is 7.90. The van der Waals surface area contributed by atoms with Crippen LogP contribution in [0.2, 0.25) is 0 Å². The van der Waals surface area contributed by atoms with Crippen LogP contribution >= 0.6 is 11.8 Å². The molecule has 3 rings (SSSR count). The normalized spacial score (nSPS) is 37.3. The van der Waals surface area contributed by atoms with E-state index in [9.17, 15) is 20.1 Å². The highest BCUT2D eigenvalue weighted by Gasteiger charge is 2.46. The number of hydrogen-bond acceptors (Lipinski definition) is 8. The maximum atomic E-state index is 12.0. The van der Waals surface area contributed by atoms with Gasteiger partial charge in [0.2, 0.25) is 5.91 Å². The van der Waals surface area contributed by atoms with Crippen molar-refractivity contribution in [3.63, 3.8) is 0 Å². The fourth-order valence-electron chi connectivity index (χ4n) is 2.56. The minimum atomic E-state index is -1.22. The highest BCUT2D eigenvalue weighted by Crippen LogP contribution is 2.25. The molecule has 23 heavy (non-hydrogen) atoms. The molecule has 7 atom stereocenters. The second kappa shape index (κ2) is 8.54. The summed E-state index contributed by atoms with van der Waals surface area (Å²) in [5.74, 6) is -0.523. The smallest absolute Gasteiger partial charge is 0.241 e. The molecule has 3 aliphatic heterocycles. The van der Waals surface area contributed by atoms with Gasteiger partial charge in [0.05, 0.1) is 12.7 Å². The van der Waals surface area contributed by atoms with Crippen LogP contribution in [0.25, 0.3) is 0 Å². The average Bonchev–Trinajstić information content (AvgIpc) is 2.64. The Morgan fingerprint density at radius 2 is 2.00 bits per heavy atom. The van der Waals surface area contributed by atoms with E-state index in [1.54, 1.807) is 0 Å². The van der Waals surface area contributed by atoms with Gasteiger partial charge >= 0.3 is 0 Å². The van der Waals surface area contributed by atoms with Gasteiger partial charge < -0.3 is 34.8 Å². The van der Waals surface area contributed by atoms with Crippen molar-refractivity contribution in [3.05, 3.63) is 0 Å². The molecule has 0 radical (unpaired) electrons. The van der Waals surface area contributed by atoms with E-state index < -0.39 is 48.8 Å². The van der Waals surface area contributed by atoms with E-state index in [1.165, 1.54) is 6.92 Å². The lowest BCUT2D eigenvalue weighted by Gasteiger charge is -2.41. The van der Waals surface area contributed by atoms with Crippen molar-refractivity contribution in [1.29, 1.82) is 0 Å². The van der Waals surface area contributed by atoms with E-state index in [1.807, 2.05) is 0 Å². The summed E-state index contributed by atoms with van der Waals surface area (Å²) in [6.45, 7) is 2.11. The van der Waals surface area contributed by atoms with Crippen molar-refractivity contribution in [2.75, 3.05) is 19.8 Å². The molecule has 0 aromatic heterocycles. The molecule has 6 unspecified atom stereocenters. The number of carbonyl (C=O) groups is 1. The summed E-state index contributed by atoms with van der Waals surface area (Å²) in [4.78, 5) is 14.2. The van der Waals surface area contributed by atoms with Crippen LogP contribution in [0.5, 0.6) is 0 Å². The summed E-state index contributed by atoms with van der Waals surface area (Å²) < 4.78 is 16.5. The minimum Gasteiger partial charge on any atom is -0.391 e. The van der Waals surface area contributed by atoms with E-state index in [-0.39, 0.29) is 6.54 Å². The van der Waals surface area contributed by atoms with Gasteiger partial charge in [-0.2, -0.15) is 0 Å². The zero-order valence-electron chi connectivity index (χ0n) is 12.7. The first kappa shape index (κ1) is 18.8. The number of ether oxygens (including phenoxy) is 3. The number of hydrogen-bond donors (Lipinski definition) is 5. The van der Waals surface area contributed by atoms with E-state index in [2.05, 4.69) is 10.2 Å². The number of halogens is 1. The van der Waals surface area contributed by atoms with Crippen molar-refractivity contribution < 1.29 is 34.3 Å². The van der Waals surface area contributed by atoms with Crippen LogP contribution in [-0.4, -0.2) is 83.8 Å². The predicted molar refractivity (Wildman–Crippen MR) is 78.5 cm³/mol. The quantitative estimate of drug-likeness (QED) is 0.353. The first-order chi connectivity index (χ1) is 11.0. The maximum absolute atomic E-state index is 12.0. The zero-order chi connectivity index (χ0) is 17.0. The Bertz CT molecular complexity index is 399. The molecule has 3 fully saturated rings. The molecule has 10 heteroatoms. The van der Waals surface area contributed by atoms with Crippen LogP contribution in [0.3, 0.4) is 0 Å². The standard InChI is InChI=1S/C13H23ClN2O7/c1-6(17)8(16-14)12(20)15-5-7-11-9(18)10(19)13(23-7)22-4-2-3-21-11/h6-11,13,16-19H,2-5H2,1H3,(H,15,20)/t6?,7?,8-,9?,10?,11?,13?/m0/s1. The maximum Gasteiger partial charge on any atom is 0.241 e. The highest BCUT2D eigenvalue weighted by molar-refractivity contribution is 6.15. The Morgan fingerprint density at radius 1 is 1.30 bits per heavy atom. The van der Waals surface area contributed by atoms with Crippen LogP contribution in [0, 0.1) is 0 Å². The van der Waals surface area contributed by atoms with Gasteiger partial charge in [-0.25, -0.2) is 4.84 Å². The number of aliphatic hydroxyl groups is 3. The predicted octanol–water partition coefficient (Wildman–Crippen LogP) is -2.15. The average molecular weight is 355 g/mol. The largest absolute Gasteiger partial charge is 0.391 e. The molecule has 3 heterocycles. The SMILES string of the molecule is CC(O)[C@H](NCl)C(=O)NCC1OC2OCCCOC1C(O)C2O. The van der Waals surface area contributed by atoms with E-state index in [0.717, 1.165) is 0 Å². The van der Waals surface area contributed by atoms with Gasteiger partial charge in [-0.3, -0.25) is 4.79 Å². The Kier molecular flexibility index (Phi) is 6.99. The molecule has 0 aromatic rings. The monoisotopic (exact) mass is 354 g/mol. The third-order valence-electron chi connectivity index (χ3n) is 3.88. The molecule has 134 valence electrons. The van der Waals surface area contributed by atoms with Gasteiger partial charge in [0.1, 0.15) is 30.5 Å². The van der Waals surface area contributed by atoms with Gasteiger partial charge in [-0.15, -0.1) is 0 Å². The number of carbonyl (C=O) groups excluding carboxylic acids is 1. The van der Waals surface area contributed by atoms with E-state index in [4.69, 9.17) is 26.0 Å². The first-order valence-electron chi connectivity index (χ1n) is 7.52. The molecular weight excluding hydrogens is 332 g/mol. The number of fused-ring (bicyclic) bond motifs is 6. The molecule has 3 aliphatic rings. The summed E-state index contributed by atoms with van der Waals surface area (Å²) >= 11 is 5.43. The van der Waals surface area contributed by atoms with Crippen LogP contribution in [0.4, 0.5) is 0 Å². The molecule has 2 bridgehead atoms. The molecule has 5 N–H and O–H groups in total. The Labute approximate surface area is 139 Å². The molecule has 0 aromatic carbocycles. The summed E-state index contributed by atoms with van der Waals surface area (Å²) in [5.41, 5.74) is 0. The van der Waals surface area contributed by atoms with Gasteiger partial charge in [-0.05, 0) is 25.1 Å². The van der Waals surface area contributed by atoms with Crippen molar-refractivity contribution in [2.45, 2.75) is 56.2 Å². The van der Waals surface area contributed by atoms with Gasteiger partial charge in [0.15, 0.2) is 6.29 Å². The van der Waals surface area contributed by atoms with Gasteiger partial charge in [0.25, 0.3) is 0 Å². The molecule has 0 saturated carbocycles. The number of aliphatic hydroxyl groups excluding tert-OH is 3. The molecule has 0 aliphatic carbocycles. The third kappa shape index (κ3) is 4.52. The van der Waals surface area contributed by atoms with Crippen LogP contribution in [0.15, 0.2) is 0 Å². The zero-order valence-corrected chi connectivity index (χ0v) is 13.5. The van der Waals surface area contributed by atoms with E-state index in [0.29, 0.717) is 19.6 Å². The molecule has 0 spiro atoms. The minimum absolute atomic E-state index is 0.00886. The van der Waals surface area contributed by atoms with Gasteiger partial charge in [0, 0.05) is 13.2 Å². The lowest BCUT2D eigenvalue weighted by atomic mass is 9.98. The Morgan fingerprint density at radius 3 is 2.65 bits per heavy atom. The number of amides is 1. The van der Waals surface area contributed by atoms with Gasteiger partial charge in [-0.1, -0.05) is 0 Å². The second-order valence-electron chi connectivity index (χ2n) is 5.66. The molecule has 3 saturated heterocycles. The van der Waals surface area contributed by atoms with Crippen LogP contribution < -0.4 is 10.2 Å². The number of nitrogens with one attached hydrogen (secondary N) is 2. The highest BCUT2D eigenvalue weighted by atomic mass is 35.5. The van der Waals surface area contributed by atoms with Crippen molar-refractivity contribution in [1.82, 2.24) is 10.2 Å². The topological polar surface area (TPSA) is 130 Å². The lowest BCUT2D eigenvalue weighted by Crippen LogP contribution is -2.61. The second-order valence-corrected chi connectivity index (χ2v) is 5.87. The van der Waals surface area contributed by atoms with Crippen LogP contribution in [-0.2, 0) is 19.0 Å². The van der Waals surface area contributed by atoms with E-state index >= 15 is 0 Å². The summed E-state index contributed by atoms with van der Waals surface area (Å²) in [6.07, 6.45) is -5.27. The summed E-state index contributed by atoms with van der Waals surface area (Å²) in [5, 5.41) is 32.2. The molecule has 9 nitrogen and oxygen atoms in total.